The van der Waals surface area contributed by atoms with Gasteiger partial charge in [-0.15, -0.1) is 0 Å². The number of hydrogen-bond donors (Lipinski definition) is 1. The summed E-state index contributed by atoms with van der Waals surface area (Å²) in [5, 5.41) is 9.48. The Morgan fingerprint density at radius 1 is 0.848 bits per heavy atom. The summed E-state index contributed by atoms with van der Waals surface area (Å²) in [6.45, 7) is 20.9. The maximum absolute atomic E-state index is 14.3. The SMILES string of the molecule is C=C(C)[C@@H]1CC[C@]2(C(=O)CCCN(C)C)CC[C@]3(C)[C@H](CC[C@@H]4[C@@]5(C)CC[C@@H](c6ccc(C(=O)O)cc6)C(C)(C)[C@@H]5CC[C@]43C)[C@@H]12. The molecule has 4 nitrogen and oxygen atoms in total. The summed E-state index contributed by atoms with van der Waals surface area (Å²) < 4.78 is 0. The van der Waals surface area contributed by atoms with Gasteiger partial charge in [0.2, 0.25) is 0 Å². The lowest BCUT2D eigenvalue weighted by Crippen LogP contribution is -2.66. The molecule has 5 saturated carbocycles. The first-order valence-electron chi connectivity index (χ1n) is 18.7. The fraction of sp³-hybridized carbons (Fsp3) is 0.762. The van der Waals surface area contributed by atoms with Gasteiger partial charge in [-0.05, 0) is 173 Å². The van der Waals surface area contributed by atoms with E-state index in [9.17, 15) is 14.7 Å². The lowest BCUT2D eigenvalue weighted by molar-refractivity contribution is -0.237. The zero-order valence-electron chi connectivity index (χ0n) is 30.4. The highest BCUT2D eigenvalue weighted by molar-refractivity contribution is 5.87. The summed E-state index contributed by atoms with van der Waals surface area (Å²) >= 11 is 0. The molecule has 46 heavy (non-hydrogen) atoms. The van der Waals surface area contributed by atoms with Gasteiger partial charge in [0.15, 0.2) is 0 Å². The molecule has 0 aromatic heterocycles. The van der Waals surface area contributed by atoms with Crippen LogP contribution in [0.1, 0.15) is 140 Å². The van der Waals surface area contributed by atoms with E-state index in [2.05, 4.69) is 79.2 Å². The van der Waals surface area contributed by atoms with Crippen molar-refractivity contribution >= 4 is 11.8 Å². The molecule has 0 unspecified atom stereocenters. The van der Waals surface area contributed by atoms with Gasteiger partial charge in [-0.3, -0.25) is 4.79 Å². The van der Waals surface area contributed by atoms with Crippen LogP contribution in [0.25, 0.3) is 0 Å². The van der Waals surface area contributed by atoms with Crippen molar-refractivity contribution in [1.29, 1.82) is 0 Å². The molecule has 254 valence electrons. The van der Waals surface area contributed by atoms with E-state index in [1.54, 1.807) is 12.1 Å². The molecule has 1 aromatic carbocycles. The van der Waals surface area contributed by atoms with E-state index in [-0.39, 0.29) is 21.7 Å². The summed E-state index contributed by atoms with van der Waals surface area (Å²) in [5.41, 5.74) is 3.83. The number of rotatable bonds is 8. The maximum Gasteiger partial charge on any atom is 0.335 e. The van der Waals surface area contributed by atoms with Crippen LogP contribution in [-0.2, 0) is 4.79 Å². The van der Waals surface area contributed by atoms with Crippen molar-refractivity contribution in [3.63, 3.8) is 0 Å². The standard InChI is InChI=1S/C42H63NO3/c1-27(2)30-18-23-42(35(44)11-10-26-43(8)9)25-24-40(6)32(36(30)42)16-17-34-39(5)21-19-31(28-12-14-29(15-13-28)37(45)46)38(3,4)33(39)20-22-41(34,40)7/h12-15,30-34,36H,1,10-11,16-26H2,2-9H3,(H,45,46)/t30-,31-,32+,33-,34+,36+,39-,40+,41+,42+/m0/s1. The summed E-state index contributed by atoms with van der Waals surface area (Å²) in [6.07, 6.45) is 13.7. The molecule has 6 rings (SSSR count). The lowest BCUT2D eigenvalue weighted by atomic mass is 9.31. The predicted octanol–water partition coefficient (Wildman–Crippen LogP) is 10.0. The summed E-state index contributed by atoms with van der Waals surface area (Å²) in [5.74, 6) is 3.06. The van der Waals surface area contributed by atoms with Crippen molar-refractivity contribution in [2.75, 3.05) is 20.6 Å². The second-order valence-corrected chi connectivity index (χ2v) is 18.5. The Bertz CT molecular complexity index is 1360. The second kappa shape index (κ2) is 11.6. The van der Waals surface area contributed by atoms with Crippen LogP contribution < -0.4 is 0 Å². The van der Waals surface area contributed by atoms with Crippen LogP contribution in [0.5, 0.6) is 0 Å². The van der Waals surface area contributed by atoms with Crippen molar-refractivity contribution in [2.24, 2.45) is 56.7 Å². The van der Waals surface area contributed by atoms with Gasteiger partial charge in [-0.2, -0.15) is 0 Å². The maximum atomic E-state index is 14.3. The van der Waals surface area contributed by atoms with Gasteiger partial charge >= 0.3 is 5.97 Å². The quantitative estimate of drug-likeness (QED) is 0.291. The van der Waals surface area contributed by atoms with E-state index in [0.29, 0.717) is 52.3 Å². The van der Waals surface area contributed by atoms with Crippen LogP contribution in [0.2, 0.25) is 0 Å². The number of ketones is 1. The third-order valence-electron chi connectivity index (χ3n) is 16.2. The Morgan fingerprint density at radius 3 is 2.17 bits per heavy atom. The molecule has 0 radical (unpaired) electrons. The second-order valence-electron chi connectivity index (χ2n) is 18.5. The van der Waals surface area contributed by atoms with Gasteiger partial charge in [0.05, 0.1) is 5.56 Å². The summed E-state index contributed by atoms with van der Waals surface area (Å²) in [7, 11) is 4.23. The zero-order valence-corrected chi connectivity index (χ0v) is 30.4. The number of carboxylic acids is 1. The Labute approximate surface area is 280 Å². The number of benzene rings is 1. The highest BCUT2D eigenvalue weighted by Crippen LogP contribution is 2.78. The average Bonchev–Trinajstić information content (AvgIpc) is 3.38. The third kappa shape index (κ3) is 4.84. The average molecular weight is 630 g/mol. The molecule has 5 aliphatic carbocycles. The molecule has 1 N–H and O–H groups in total. The number of carboxylic acid groups (broad SMARTS) is 1. The molecule has 0 amide bonds. The van der Waals surface area contributed by atoms with Gasteiger partial charge < -0.3 is 10.0 Å². The minimum Gasteiger partial charge on any atom is -0.478 e. The van der Waals surface area contributed by atoms with Gasteiger partial charge in [0, 0.05) is 11.8 Å². The van der Waals surface area contributed by atoms with Crippen molar-refractivity contribution in [2.45, 2.75) is 125 Å². The molecule has 4 heteroatoms. The smallest absolute Gasteiger partial charge is 0.335 e. The summed E-state index contributed by atoms with van der Waals surface area (Å²) in [6, 6.07) is 7.79. The van der Waals surface area contributed by atoms with Gasteiger partial charge in [0.1, 0.15) is 5.78 Å². The largest absolute Gasteiger partial charge is 0.478 e. The monoisotopic (exact) mass is 629 g/mol. The number of Topliss-reactive ketones (excluding diaryl/α,β-unsaturated/α-hetero) is 1. The summed E-state index contributed by atoms with van der Waals surface area (Å²) in [4.78, 5) is 28.1. The Kier molecular flexibility index (Phi) is 8.55. The molecule has 0 spiro atoms. The van der Waals surface area contributed by atoms with Crippen molar-refractivity contribution < 1.29 is 14.7 Å². The number of allylic oxidation sites excluding steroid dienone is 1. The fourth-order valence-corrected chi connectivity index (χ4v) is 13.9. The van der Waals surface area contributed by atoms with Crippen LogP contribution in [0.15, 0.2) is 36.4 Å². The highest BCUT2D eigenvalue weighted by atomic mass is 16.4. The number of fused-ring (bicyclic) bond motifs is 7. The van der Waals surface area contributed by atoms with Crippen LogP contribution in [0.3, 0.4) is 0 Å². The van der Waals surface area contributed by atoms with Gasteiger partial charge in [-0.25, -0.2) is 4.79 Å². The predicted molar refractivity (Wildman–Crippen MR) is 188 cm³/mol. The molecule has 0 bridgehead atoms. The minimum atomic E-state index is -0.849. The van der Waals surface area contributed by atoms with Crippen molar-refractivity contribution in [3.05, 3.63) is 47.5 Å². The number of nitrogens with zero attached hydrogens (tertiary/aromatic N) is 1. The van der Waals surface area contributed by atoms with Crippen LogP contribution in [0, 0.1) is 56.7 Å². The Hall–Kier alpha value is -1.94. The highest BCUT2D eigenvalue weighted by Gasteiger charge is 2.71. The molecule has 5 aliphatic rings. The molecule has 0 heterocycles. The number of carbonyl (C=O) groups is 2. The van der Waals surface area contributed by atoms with E-state index in [0.717, 1.165) is 38.6 Å². The Balaban J connectivity index is 1.30. The molecule has 0 saturated heterocycles. The normalized spacial score (nSPS) is 42.8. The van der Waals surface area contributed by atoms with E-state index >= 15 is 0 Å². The fourth-order valence-electron chi connectivity index (χ4n) is 13.9. The van der Waals surface area contributed by atoms with Gasteiger partial charge in [-0.1, -0.05) is 58.9 Å². The number of aromatic carboxylic acids is 1. The van der Waals surface area contributed by atoms with E-state index in [4.69, 9.17) is 0 Å². The molecule has 0 aliphatic heterocycles. The van der Waals surface area contributed by atoms with E-state index in [1.165, 1.54) is 56.1 Å². The topological polar surface area (TPSA) is 57.6 Å². The lowest BCUT2D eigenvalue weighted by Gasteiger charge is -2.73. The number of hydrogen-bond acceptors (Lipinski definition) is 3. The molecular formula is C42H63NO3. The first-order chi connectivity index (χ1) is 21.5. The third-order valence-corrected chi connectivity index (χ3v) is 16.2. The van der Waals surface area contributed by atoms with Crippen LogP contribution >= 0.6 is 0 Å². The first kappa shape index (κ1) is 33.9. The van der Waals surface area contributed by atoms with Crippen molar-refractivity contribution in [3.8, 4) is 0 Å². The van der Waals surface area contributed by atoms with Crippen LogP contribution in [0.4, 0.5) is 0 Å². The van der Waals surface area contributed by atoms with Crippen molar-refractivity contribution in [1.82, 2.24) is 4.90 Å². The molecular weight excluding hydrogens is 566 g/mol. The first-order valence-corrected chi connectivity index (χ1v) is 18.7. The molecule has 10 atom stereocenters. The zero-order chi connectivity index (χ0) is 33.4. The number of carbonyl (C=O) groups excluding carboxylic acids is 1. The molecule has 5 fully saturated rings. The molecule has 1 aromatic rings. The van der Waals surface area contributed by atoms with E-state index in [1.807, 2.05) is 0 Å². The van der Waals surface area contributed by atoms with E-state index < -0.39 is 5.97 Å². The Morgan fingerprint density at radius 2 is 1.54 bits per heavy atom. The van der Waals surface area contributed by atoms with Gasteiger partial charge in [0.25, 0.3) is 0 Å². The minimum absolute atomic E-state index is 0.138. The van der Waals surface area contributed by atoms with Crippen LogP contribution in [-0.4, -0.2) is 42.4 Å².